The summed E-state index contributed by atoms with van der Waals surface area (Å²) >= 11 is 0. The lowest BCUT2D eigenvalue weighted by Gasteiger charge is -2.23. The number of hydrogen-bond acceptors (Lipinski definition) is 7. The summed E-state index contributed by atoms with van der Waals surface area (Å²) in [5.41, 5.74) is -2.90. The van der Waals surface area contributed by atoms with Crippen molar-refractivity contribution in [1.82, 2.24) is 29.9 Å². The summed E-state index contributed by atoms with van der Waals surface area (Å²) in [5.74, 6) is -3.76. The molecule has 306 valence electrons. The smallest absolute Gasteiger partial charge is 0.378 e. The third kappa shape index (κ3) is 7.81. The Bertz CT molecular complexity index is 2620. The number of aryl methyl sites for hydroxylation is 1. The summed E-state index contributed by atoms with van der Waals surface area (Å²) in [5, 5.41) is 21.9. The van der Waals surface area contributed by atoms with Crippen molar-refractivity contribution in [3.8, 4) is 23.0 Å². The summed E-state index contributed by atoms with van der Waals surface area (Å²) in [7, 11) is -1.94. The van der Waals surface area contributed by atoms with E-state index in [0.29, 0.717) is 32.8 Å². The van der Waals surface area contributed by atoms with Crippen LogP contribution in [0.4, 0.5) is 30.7 Å². The molecule has 58 heavy (non-hydrogen) atoms. The maximum atomic E-state index is 15.4. The number of carbonyl (C=O) groups is 1. The van der Waals surface area contributed by atoms with E-state index >= 15 is 8.78 Å². The van der Waals surface area contributed by atoms with Crippen molar-refractivity contribution < 1.29 is 49.1 Å². The van der Waals surface area contributed by atoms with E-state index < -0.39 is 86.5 Å². The number of aliphatic hydroxyl groups is 1. The van der Waals surface area contributed by atoms with Gasteiger partial charge in [-0.1, -0.05) is 38.0 Å². The maximum absolute atomic E-state index is 15.4. The van der Waals surface area contributed by atoms with Crippen molar-refractivity contribution in [2.75, 3.05) is 6.26 Å². The first-order chi connectivity index (χ1) is 27.1. The van der Waals surface area contributed by atoms with Crippen molar-refractivity contribution in [3.63, 3.8) is 0 Å². The Morgan fingerprint density at radius 3 is 2.38 bits per heavy atom. The second-order valence-electron chi connectivity index (χ2n) is 14.9. The largest absolute Gasteiger partial charge is 0.435 e. The van der Waals surface area contributed by atoms with Crippen molar-refractivity contribution in [3.05, 3.63) is 99.8 Å². The number of nitrogens with zero attached hydrogens (tertiary/aromatic N) is 5. The lowest BCUT2D eigenvalue weighted by atomic mass is 9.93. The van der Waals surface area contributed by atoms with Crippen LogP contribution in [0.5, 0.6) is 0 Å². The number of fused-ring (bicyclic) bond motifs is 4. The number of aromatic nitrogens is 5. The van der Waals surface area contributed by atoms with Crippen molar-refractivity contribution in [2.24, 2.45) is 13.0 Å². The van der Waals surface area contributed by atoms with Crippen LogP contribution in [0.3, 0.4) is 0 Å². The van der Waals surface area contributed by atoms with Gasteiger partial charge in [0.05, 0.1) is 28.7 Å². The fourth-order valence-corrected chi connectivity index (χ4v) is 8.49. The van der Waals surface area contributed by atoms with E-state index in [2.05, 4.69) is 27.4 Å². The fraction of sp³-hybridized carbons (Fsp3) is 0.400. The average Bonchev–Trinajstić information content (AvgIpc) is 3.68. The molecule has 1 amide bonds. The summed E-state index contributed by atoms with van der Waals surface area (Å²) in [6.07, 6.45) is -3.97. The van der Waals surface area contributed by atoms with Gasteiger partial charge in [0.25, 0.3) is 5.92 Å². The molecule has 2 aliphatic carbocycles. The Balaban J connectivity index is 1.39. The van der Waals surface area contributed by atoms with Crippen molar-refractivity contribution in [2.45, 2.75) is 81.5 Å². The Hall–Kier alpha value is -5.28. The van der Waals surface area contributed by atoms with Gasteiger partial charge in [-0.05, 0) is 67.4 Å². The molecule has 0 unspecified atom stereocenters. The first-order valence-electron chi connectivity index (χ1n) is 18.3. The highest BCUT2D eigenvalue weighted by Crippen LogP contribution is 2.68. The summed E-state index contributed by atoms with van der Waals surface area (Å²) in [4.78, 5) is 18.7. The molecule has 2 aromatic carbocycles. The zero-order chi connectivity index (χ0) is 42.1. The van der Waals surface area contributed by atoms with E-state index in [1.54, 1.807) is 45.2 Å². The second-order valence-corrected chi connectivity index (χ2v) is 17.0. The Morgan fingerprint density at radius 2 is 1.74 bits per heavy atom. The highest BCUT2D eigenvalue weighted by Gasteiger charge is 2.68. The number of halogens is 7. The Morgan fingerprint density at radius 1 is 1.05 bits per heavy atom. The minimum Gasteiger partial charge on any atom is -0.378 e. The molecule has 0 radical (unpaired) electrons. The Labute approximate surface area is 328 Å². The molecular formula is C40H37F7N6O4S. The zero-order valence-corrected chi connectivity index (χ0v) is 32.4. The summed E-state index contributed by atoms with van der Waals surface area (Å²) in [6, 6.07) is 9.42. The standard InChI is InChI=1S/C40H37F7N6O4S/c1-5-38(55,6-2)13-12-24-10-11-25(26-8-7-9-27-31(20-58(4,56)57)50-52(3)35(26)27)34(48-24)30(16-21-14-22(41)17-23(42)15-21)49-32(54)19-53-37-33(36(51-53)40(45,46)47)28-18-29(28)39(37,43)44/h7-11,14-15,17,28-30,55H,5-6,16,18-20H2,1-4H3,(H,49,54)/t28-,29+,30-/m0/s1. The number of rotatable bonds is 11. The van der Waals surface area contributed by atoms with Gasteiger partial charge in [-0.2, -0.15) is 32.1 Å². The van der Waals surface area contributed by atoms with Crippen LogP contribution in [0.15, 0.2) is 48.5 Å². The lowest BCUT2D eigenvalue weighted by molar-refractivity contribution is -0.142. The zero-order valence-electron chi connectivity index (χ0n) is 31.6. The molecule has 3 aromatic heterocycles. The third-order valence-corrected chi connectivity index (χ3v) is 11.5. The molecular weight excluding hydrogens is 794 g/mol. The Kier molecular flexibility index (Phi) is 10.2. The van der Waals surface area contributed by atoms with Crippen LogP contribution in [-0.4, -0.2) is 55.8 Å². The highest BCUT2D eigenvalue weighted by molar-refractivity contribution is 7.89. The van der Waals surface area contributed by atoms with Crippen LogP contribution >= 0.6 is 0 Å². The lowest BCUT2D eigenvalue weighted by Crippen LogP contribution is -2.35. The molecule has 2 aliphatic rings. The van der Waals surface area contributed by atoms with Crippen LogP contribution < -0.4 is 5.32 Å². The van der Waals surface area contributed by atoms with Gasteiger partial charge in [0.15, 0.2) is 15.5 Å². The van der Waals surface area contributed by atoms with Crippen LogP contribution in [0.1, 0.15) is 84.7 Å². The molecule has 7 rings (SSSR count). The summed E-state index contributed by atoms with van der Waals surface area (Å²) < 4.78 is 129. The molecule has 10 nitrogen and oxygen atoms in total. The normalized spacial score (nSPS) is 17.7. The molecule has 1 fully saturated rings. The predicted molar refractivity (Wildman–Crippen MR) is 198 cm³/mol. The molecule has 0 aliphatic heterocycles. The van der Waals surface area contributed by atoms with Gasteiger partial charge in [0.1, 0.15) is 35.2 Å². The van der Waals surface area contributed by atoms with Gasteiger partial charge >= 0.3 is 6.18 Å². The highest BCUT2D eigenvalue weighted by atomic mass is 32.2. The summed E-state index contributed by atoms with van der Waals surface area (Å²) in [6.45, 7) is 2.41. The minimum atomic E-state index is -5.07. The average molecular weight is 831 g/mol. The molecule has 18 heteroatoms. The molecule has 5 aromatic rings. The first kappa shape index (κ1) is 40.9. The molecule has 1 saturated carbocycles. The number of para-hydroxylation sites is 1. The molecule has 0 saturated heterocycles. The molecule has 2 N–H and O–H groups in total. The van der Waals surface area contributed by atoms with Crippen LogP contribution in [0.2, 0.25) is 0 Å². The van der Waals surface area contributed by atoms with Gasteiger partial charge in [-0.15, -0.1) is 0 Å². The number of amides is 1. The third-order valence-electron chi connectivity index (χ3n) is 10.7. The SMILES string of the molecule is CCC(O)(C#Cc1ccc(-c2cccc3c(CS(C)(=O)=O)nn(C)c23)c([C@H](Cc2cc(F)cc(F)c2)NC(=O)Cn2nc(C(F)(F)F)c3c2C(F)(F)[C@@H]2C[C@H]32)n1)CC. The monoisotopic (exact) mass is 830 g/mol. The van der Waals surface area contributed by atoms with Crippen molar-refractivity contribution in [1.29, 1.82) is 0 Å². The van der Waals surface area contributed by atoms with Crippen LogP contribution in [0.25, 0.3) is 22.0 Å². The quantitative estimate of drug-likeness (QED) is 0.110. The second kappa shape index (κ2) is 14.5. The molecule has 0 bridgehead atoms. The topological polar surface area (TPSA) is 132 Å². The van der Waals surface area contributed by atoms with E-state index in [0.717, 1.165) is 18.4 Å². The van der Waals surface area contributed by atoms with Gasteiger partial charge in [-0.25, -0.2) is 22.2 Å². The van der Waals surface area contributed by atoms with Gasteiger partial charge < -0.3 is 10.4 Å². The van der Waals surface area contributed by atoms with E-state index in [9.17, 15) is 40.3 Å². The number of benzene rings is 2. The van der Waals surface area contributed by atoms with Crippen LogP contribution in [0, 0.1) is 29.4 Å². The van der Waals surface area contributed by atoms with Crippen LogP contribution in [-0.2, 0) is 52.5 Å². The van der Waals surface area contributed by atoms with E-state index in [4.69, 9.17) is 4.98 Å². The van der Waals surface area contributed by atoms with E-state index in [-0.39, 0.29) is 54.1 Å². The first-order valence-corrected chi connectivity index (χ1v) is 20.4. The van der Waals surface area contributed by atoms with Crippen molar-refractivity contribution >= 4 is 26.6 Å². The molecule has 3 atom stereocenters. The number of pyridine rings is 1. The number of nitrogens with one attached hydrogen (secondary N) is 1. The number of alkyl halides is 5. The van der Waals surface area contributed by atoms with Gasteiger partial charge in [0.2, 0.25) is 5.91 Å². The minimum absolute atomic E-state index is 0.0264. The maximum Gasteiger partial charge on any atom is 0.435 e. The number of carbonyl (C=O) groups excluding carboxylic acids is 1. The van der Waals surface area contributed by atoms with E-state index in [1.807, 2.05) is 0 Å². The van der Waals surface area contributed by atoms with Gasteiger partial charge in [0, 0.05) is 47.4 Å². The molecule has 0 spiro atoms. The van der Waals surface area contributed by atoms with E-state index in [1.165, 1.54) is 10.7 Å². The predicted octanol–water partition coefficient (Wildman–Crippen LogP) is 6.89. The molecule has 3 heterocycles. The number of sulfone groups is 1. The number of hydrogen-bond donors (Lipinski definition) is 2. The fourth-order valence-electron chi connectivity index (χ4n) is 7.78. The van der Waals surface area contributed by atoms with Gasteiger partial charge in [-0.3, -0.25) is 14.2 Å².